The van der Waals surface area contributed by atoms with Gasteiger partial charge in [-0.2, -0.15) is 0 Å². The van der Waals surface area contributed by atoms with Gasteiger partial charge in [0.15, 0.2) is 0 Å². The van der Waals surface area contributed by atoms with E-state index in [1.807, 2.05) is 18.2 Å². The molecule has 267 valence electrons. The van der Waals surface area contributed by atoms with Gasteiger partial charge in [0.2, 0.25) is 0 Å². The van der Waals surface area contributed by atoms with E-state index in [9.17, 15) is 0 Å². The second-order valence-corrected chi connectivity index (χ2v) is 12.9. The Balaban J connectivity index is 0.000000208. The summed E-state index contributed by atoms with van der Waals surface area (Å²) < 4.78 is 51.8. The van der Waals surface area contributed by atoms with E-state index in [1.54, 1.807) is 12.1 Å². The number of benzene rings is 7. The van der Waals surface area contributed by atoms with Gasteiger partial charge in [0, 0.05) is 52.1 Å². The summed E-state index contributed by atoms with van der Waals surface area (Å²) in [6.07, 6.45) is 4.49. The predicted octanol–water partition coefficient (Wildman–Crippen LogP) is 12.9. The first-order valence-electron chi connectivity index (χ1n) is 20.6. The summed E-state index contributed by atoms with van der Waals surface area (Å²) in [6.45, 7) is -4.34. The van der Waals surface area contributed by atoms with Gasteiger partial charge in [-0.25, -0.2) is 0 Å². The molecule has 1 radical (unpaired) electrons. The molecule has 0 aliphatic heterocycles. The van der Waals surface area contributed by atoms with Crippen LogP contribution in [0.1, 0.15) is 19.4 Å². The SMILES string of the molecule is [2H]C([2H])([2H])c1c[c-]c(-c2ccc(C([2H])([2H])[2H])cn2)cc1.[Ir].[c-]1oc2ccc(-c3ccc4ccccc4c3)cc2c1-c1nc2ccccc2n1-c1ccc(-c2ccccc2)cc1. The van der Waals surface area contributed by atoms with Gasteiger partial charge in [-0.1, -0.05) is 139 Å². The minimum atomic E-state index is -2.18. The third-order valence-electron chi connectivity index (χ3n) is 9.46. The van der Waals surface area contributed by atoms with Crippen molar-refractivity contribution in [1.82, 2.24) is 14.5 Å². The van der Waals surface area contributed by atoms with Crippen LogP contribution >= 0.6 is 0 Å². The van der Waals surface area contributed by atoms with Crippen LogP contribution in [0.15, 0.2) is 180 Å². The monoisotopic (exact) mass is 892 g/mol. The van der Waals surface area contributed by atoms with E-state index in [0.717, 1.165) is 50.2 Å². The normalized spacial score (nSPS) is 13.0. The topological polar surface area (TPSA) is 43.9 Å². The molecule has 0 aliphatic rings. The summed E-state index contributed by atoms with van der Waals surface area (Å²) in [5, 5.41) is 3.44. The number of hydrogen-bond acceptors (Lipinski definition) is 3. The second kappa shape index (κ2) is 15.5. The van der Waals surface area contributed by atoms with Crippen molar-refractivity contribution in [2.24, 2.45) is 0 Å². The first-order valence-corrected chi connectivity index (χ1v) is 17.6. The first kappa shape index (κ1) is 29.0. The summed E-state index contributed by atoms with van der Waals surface area (Å²) in [6, 6.07) is 59.1. The quantitative estimate of drug-likeness (QED) is 0.162. The van der Waals surface area contributed by atoms with E-state index < -0.39 is 13.7 Å². The molecule has 10 aromatic rings. The van der Waals surface area contributed by atoms with E-state index in [-0.39, 0.29) is 31.2 Å². The standard InChI is InChI=1S/C37H23N2O.C13H12N.Ir/c1-2-8-25(9-3-1)27-16-19-31(20-17-27)39-35-13-7-6-12-34(35)38-37(39)33-24-40-36-21-18-30(23-32(33)36)29-15-14-26-10-4-5-11-28(26)22-29;1-10-3-6-12(7-4-10)13-8-5-11(2)9-14-13;/h1-23H;3-6,8-9H,1-2H3;/q2*-1;/i;1D3,2D3;. The van der Waals surface area contributed by atoms with Crippen molar-refractivity contribution in [2.45, 2.75) is 13.7 Å². The summed E-state index contributed by atoms with van der Waals surface area (Å²) in [4.78, 5) is 9.15. The van der Waals surface area contributed by atoms with Crippen LogP contribution < -0.4 is 0 Å². The molecular formula is C50H35IrN3O-2. The largest absolute Gasteiger partial charge is 0.557 e. The summed E-state index contributed by atoms with van der Waals surface area (Å²) in [5.41, 5.74) is 10.9. The van der Waals surface area contributed by atoms with Crippen molar-refractivity contribution in [3.8, 4) is 50.6 Å². The molecule has 0 saturated carbocycles. The number of nitrogens with zero attached hydrogens (tertiary/aromatic N) is 3. The fourth-order valence-electron chi connectivity index (χ4n) is 6.72. The number of aromatic nitrogens is 3. The molecule has 10 rings (SSSR count). The molecule has 3 heterocycles. The van der Waals surface area contributed by atoms with Crippen LogP contribution in [0.5, 0.6) is 0 Å². The Kier molecular flexibility index (Phi) is 8.20. The molecule has 7 aromatic carbocycles. The Morgan fingerprint density at radius 3 is 2.11 bits per heavy atom. The Morgan fingerprint density at radius 2 is 1.33 bits per heavy atom. The fraction of sp³-hybridized carbons (Fsp3) is 0.0400. The molecule has 0 amide bonds. The van der Waals surface area contributed by atoms with E-state index >= 15 is 0 Å². The van der Waals surface area contributed by atoms with Gasteiger partial charge < -0.3 is 14.0 Å². The van der Waals surface area contributed by atoms with Gasteiger partial charge in [0.25, 0.3) is 0 Å². The number of para-hydroxylation sites is 2. The molecule has 0 spiro atoms. The van der Waals surface area contributed by atoms with E-state index in [2.05, 4.69) is 143 Å². The van der Waals surface area contributed by atoms with Gasteiger partial charge in [-0.15, -0.1) is 35.4 Å². The minimum Gasteiger partial charge on any atom is -0.557 e. The van der Waals surface area contributed by atoms with E-state index in [0.29, 0.717) is 11.3 Å². The van der Waals surface area contributed by atoms with Gasteiger partial charge in [0.1, 0.15) is 0 Å². The van der Waals surface area contributed by atoms with Crippen molar-refractivity contribution in [3.05, 3.63) is 200 Å². The summed E-state index contributed by atoms with van der Waals surface area (Å²) in [5.74, 6) is 0.808. The molecule has 0 bridgehead atoms. The van der Waals surface area contributed by atoms with E-state index in [1.165, 1.54) is 46.3 Å². The number of imidazole rings is 1. The maximum absolute atomic E-state index is 7.28. The predicted molar refractivity (Wildman–Crippen MR) is 221 cm³/mol. The molecule has 0 saturated heterocycles. The van der Waals surface area contributed by atoms with Gasteiger partial charge in [-0.05, 0) is 81.5 Å². The van der Waals surface area contributed by atoms with Crippen LogP contribution in [0.3, 0.4) is 0 Å². The maximum atomic E-state index is 7.28. The molecule has 0 fully saturated rings. The molecule has 0 aliphatic carbocycles. The van der Waals surface area contributed by atoms with Crippen molar-refractivity contribution in [1.29, 1.82) is 0 Å². The van der Waals surface area contributed by atoms with Crippen LogP contribution in [-0.2, 0) is 20.1 Å². The number of furan rings is 1. The number of aryl methyl sites for hydroxylation is 2. The van der Waals surface area contributed by atoms with Crippen molar-refractivity contribution in [2.75, 3.05) is 0 Å². The smallest absolute Gasteiger partial charge is 0.0774 e. The zero-order valence-corrected chi connectivity index (χ0v) is 31.7. The first-order chi connectivity index (χ1) is 29.0. The average Bonchev–Trinajstić information content (AvgIpc) is 3.88. The third-order valence-corrected chi connectivity index (χ3v) is 9.46. The second-order valence-electron chi connectivity index (χ2n) is 12.9. The molecular weight excluding hydrogens is 851 g/mol. The van der Waals surface area contributed by atoms with Crippen molar-refractivity contribution < 1.29 is 32.7 Å². The molecule has 0 atom stereocenters. The number of rotatable bonds is 5. The summed E-state index contributed by atoms with van der Waals surface area (Å²) in [7, 11) is 0. The molecule has 0 unspecified atom stereocenters. The van der Waals surface area contributed by atoms with Crippen LogP contribution in [0, 0.1) is 26.0 Å². The Hall–Kier alpha value is -6.39. The molecule has 55 heavy (non-hydrogen) atoms. The molecule has 4 nitrogen and oxygen atoms in total. The minimum absolute atomic E-state index is 0. The Morgan fingerprint density at radius 1 is 0.618 bits per heavy atom. The van der Waals surface area contributed by atoms with Crippen molar-refractivity contribution >= 4 is 32.8 Å². The maximum Gasteiger partial charge on any atom is 0.0774 e. The number of hydrogen-bond donors (Lipinski definition) is 0. The summed E-state index contributed by atoms with van der Waals surface area (Å²) >= 11 is 0. The number of pyridine rings is 1. The molecule has 0 N–H and O–H groups in total. The third kappa shape index (κ3) is 7.28. The van der Waals surface area contributed by atoms with Gasteiger partial charge in [0.05, 0.1) is 16.9 Å². The van der Waals surface area contributed by atoms with Crippen molar-refractivity contribution in [3.63, 3.8) is 0 Å². The fourth-order valence-corrected chi connectivity index (χ4v) is 6.72. The molecule has 3 aromatic heterocycles. The Labute approximate surface area is 342 Å². The zero-order chi connectivity index (χ0) is 41.4. The van der Waals surface area contributed by atoms with Crippen LogP contribution in [0.25, 0.3) is 83.4 Å². The van der Waals surface area contributed by atoms with Gasteiger partial charge >= 0.3 is 0 Å². The average molecular weight is 892 g/mol. The molecule has 5 heteroatoms. The Bertz CT molecular complexity index is 3050. The zero-order valence-electron chi connectivity index (χ0n) is 35.3. The van der Waals surface area contributed by atoms with Crippen LogP contribution in [0.4, 0.5) is 0 Å². The van der Waals surface area contributed by atoms with E-state index in [4.69, 9.17) is 17.6 Å². The van der Waals surface area contributed by atoms with Crippen LogP contribution in [-0.4, -0.2) is 14.5 Å². The van der Waals surface area contributed by atoms with Gasteiger partial charge in [-0.3, -0.25) is 4.98 Å². The number of fused-ring (bicyclic) bond motifs is 3. The van der Waals surface area contributed by atoms with Crippen LogP contribution in [0.2, 0.25) is 0 Å².